The first-order valence-electron chi connectivity index (χ1n) is 6.28. The van der Waals surface area contributed by atoms with E-state index in [0.717, 1.165) is 6.42 Å². The van der Waals surface area contributed by atoms with Gasteiger partial charge in [-0.05, 0) is 13.3 Å². The number of carbonyl (C=O) groups is 2. The normalized spacial score (nSPS) is 23.5. The summed E-state index contributed by atoms with van der Waals surface area (Å²) < 4.78 is 5.33. The molecular formula is C12H22N2O4. The van der Waals surface area contributed by atoms with Crippen molar-refractivity contribution in [3.63, 3.8) is 0 Å². The Morgan fingerprint density at radius 3 is 2.78 bits per heavy atom. The summed E-state index contributed by atoms with van der Waals surface area (Å²) in [5.74, 6) is -1.04. The van der Waals surface area contributed by atoms with Crippen LogP contribution >= 0.6 is 0 Å². The summed E-state index contributed by atoms with van der Waals surface area (Å²) >= 11 is 0. The molecule has 6 heteroatoms. The molecule has 1 saturated heterocycles. The average molecular weight is 258 g/mol. The minimum atomic E-state index is -0.918. The zero-order valence-electron chi connectivity index (χ0n) is 11.0. The molecule has 1 aliphatic rings. The molecule has 2 unspecified atom stereocenters. The van der Waals surface area contributed by atoms with Gasteiger partial charge in [0.15, 0.2) is 0 Å². The number of hydrogen-bond acceptors (Lipinski definition) is 4. The van der Waals surface area contributed by atoms with Gasteiger partial charge in [-0.1, -0.05) is 13.3 Å². The van der Waals surface area contributed by atoms with Crippen LogP contribution in [-0.2, 0) is 14.3 Å². The van der Waals surface area contributed by atoms with E-state index in [1.54, 1.807) is 11.8 Å². The molecular weight excluding hydrogens is 236 g/mol. The van der Waals surface area contributed by atoms with Crippen molar-refractivity contribution in [2.45, 2.75) is 44.8 Å². The number of carbonyl (C=O) groups excluding carboxylic acids is 1. The van der Waals surface area contributed by atoms with E-state index in [4.69, 9.17) is 15.6 Å². The van der Waals surface area contributed by atoms with Gasteiger partial charge in [0.05, 0.1) is 24.7 Å². The molecule has 1 fully saturated rings. The first kappa shape index (κ1) is 14.9. The highest BCUT2D eigenvalue weighted by atomic mass is 16.5. The molecule has 0 radical (unpaired) electrons. The summed E-state index contributed by atoms with van der Waals surface area (Å²) in [6.45, 7) is 4.85. The van der Waals surface area contributed by atoms with E-state index >= 15 is 0 Å². The van der Waals surface area contributed by atoms with Crippen molar-refractivity contribution in [3.05, 3.63) is 0 Å². The van der Waals surface area contributed by atoms with Crippen LogP contribution in [0.2, 0.25) is 0 Å². The number of carboxylic acids is 1. The highest BCUT2D eigenvalue weighted by Crippen LogP contribution is 2.16. The second kappa shape index (κ2) is 6.15. The molecule has 0 spiro atoms. The number of ether oxygens (including phenoxy) is 1. The summed E-state index contributed by atoms with van der Waals surface area (Å²) in [6.07, 6.45) is 0.936. The molecule has 0 aliphatic carbocycles. The average Bonchev–Trinajstić information content (AvgIpc) is 2.27. The molecule has 1 heterocycles. The Kier molecular flexibility index (Phi) is 5.10. The van der Waals surface area contributed by atoms with Gasteiger partial charge < -0.3 is 20.5 Å². The van der Waals surface area contributed by atoms with Gasteiger partial charge in [-0.3, -0.25) is 9.59 Å². The zero-order valence-corrected chi connectivity index (χ0v) is 11.0. The third-order valence-electron chi connectivity index (χ3n) is 3.09. The Morgan fingerprint density at radius 1 is 1.56 bits per heavy atom. The smallest absolute Gasteiger partial charge is 0.306 e. The molecule has 0 aromatic rings. The van der Waals surface area contributed by atoms with Crippen LogP contribution < -0.4 is 5.73 Å². The summed E-state index contributed by atoms with van der Waals surface area (Å²) in [7, 11) is 0. The van der Waals surface area contributed by atoms with Crippen molar-refractivity contribution in [3.8, 4) is 0 Å². The Balaban J connectivity index is 2.60. The molecule has 2 atom stereocenters. The Hall–Kier alpha value is -1.14. The molecule has 1 aliphatic heterocycles. The SMILES string of the molecule is CCCC(C)(N)C(=O)N1CCOC(CC(=O)O)C1. The lowest BCUT2D eigenvalue weighted by molar-refractivity contribution is -0.150. The Labute approximate surface area is 107 Å². The maximum Gasteiger partial charge on any atom is 0.306 e. The van der Waals surface area contributed by atoms with Crippen LogP contribution in [0, 0.1) is 0 Å². The number of aliphatic carboxylic acids is 1. The number of nitrogens with two attached hydrogens (primary N) is 1. The van der Waals surface area contributed by atoms with Gasteiger partial charge in [-0.25, -0.2) is 0 Å². The van der Waals surface area contributed by atoms with Gasteiger partial charge in [-0.15, -0.1) is 0 Å². The fraction of sp³-hybridized carbons (Fsp3) is 0.833. The van der Waals surface area contributed by atoms with E-state index < -0.39 is 17.6 Å². The van der Waals surface area contributed by atoms with Crippen molar-refractivity contribution >= 4 is 11.9 Å². The van der Waals surface area contributed by atoms with E-state index in [1.807, 2.05) is 6.92 Å². The maximum absolute atomic E-state index is 12.2. The van der Waals surface area contributed by atoms with Crippen LogP contribution in [0.3, 0.4) is 0 Å². The van der Waals surface area contributed by atoms with Crippen molar-refractivity contribution in [1.82, 2.24) is 4.90 Å². The van der Waals surface area contributed by atoms with Gasteiger partial charge in [-0.2, -0.15) is 0 Å². The summed E-state index contributed by atoms with van der Waals surface area (Å²) in [5, 5.41) is 8.73. The fourth-order valence-electron chi connectivity index (χ4n) is 2.21. The van der Waals surface area contributed by atoms with Crippen molar-refractivity contribution in [2.75, 3.05) is 19.7 Å². The molecule has 0 aromatic carbocycles. The van der Waals surface area contributed by atoms with E-state index in [-0.39, 0.29) is 12.3 Å². The van der Waals surface area contributed by atoms with Crippen molar-refractivity contribution in [1.29, 1.82) is 0 Å². The van der Waals surface area contributed by atoms with Crippen LogP contribution in [0.4, 0.5) is 0 Å². The van der Waals surface area contributed by atoms with Gasteiger partial charge in [0.1, 0.15) is 0 Å². The van der Waals surface area contributed by atoms with E-state index in [0.29, 0.717) is 26.1 Å². The van der Waals surface area contributed by atoms with Gasteiger partial charge in [0.2, 0.25) is 5.91 Å². The number of amides is 1. The lowest BCUT2D eigenvalue weighted by atomic mass is 9.95. The second-order valence-electron chi connectivity index (χ2n) is 5.01. The zero-order chi connectivity index (χ0) is 13.8. The van der Waals surface area contributed by atoms with E-state index in [1.165, 1.54) is 0 Å². The molecule has 3 N–H and O–H groups in total. The fourth-order valence-corrected chi connectivity index (χ4v) is 2.21. The van der Waals surface area contributed by atoms with Crippen molar-refractivity contribution in [2.24, 2.45) is 5.73 Å². The lowest BCUT2D eigenvalue weighted by Crippen LogP contribution is -2.57. The first-order valence-corrected chi connectivity index (χ1v) is 6.28. The van der Waals surface area contributed by atoms with Gasteiger partial charge in [0, 0.05) is 13.1 Å². The highest BCUT2D eigenvalue weighted by Gasteiger charge is 2.35. The Bertz CT molecular complexity index is 317. The predicted octanol–water partition coefficient (Wildman–Crippen LogP) is 0.206. The first-order chi connectivity index (χ1) is 8.36. The molecule has 1 amide bonds. The molecule has 104 valence electrons. The molecule has 0 bridgehead atoms. The van der Waals surface area contributed by atoms with Crippen LogP contribution in [0.15, 0.2) is 0 Å². The third-order valence-corrected chi connectivity index (χ3v) is 3.09. The third kappa shape index (κ3) is 3.96. The number of hydrogen-bond donors (Lipinski definition) is 2. The van der Waals surface area contributed by atoms with Crippen LogP contribution in [0.25, 0.3) is 0 Å². The quantitative estimate of drug-likeness (QED) is 0.735. The van der Waals surface area contributed by atoms with Crippen molar-refractivity contribution < 1.29 is 19.4 Å². The predicted molar refractivity (Wildman–Crippen MR) is 66.1 cm³/mol. The minimum Gasteiger partial charge on any atom is -0.481 e. The summed E-state index contributed by atoms with van der Waals surface area (Å²) in [5.41, 5.74) is 5.12. The van der Waals surface area contributed by atoms with Gasteiger partial charge >= 0.3 is 5.97 Å². The van der Waals surface area contributed by atoms with Crippen LogP contribution in [0.1, 0.15) is 33.1 Å². The number of carboxylic acid groups (broad SMARTS) is 1. The summed E-state index contributed by atoms with van der Waals surface area (Å²) in [4.78, 5) is 24.5. The standard InChI is InChI=1S/C12H22N2O4/c1-3-4-12(2,13)11(17)14-5-6-18-9(8-14)7-10(15)16/h9H,3-8,13H2,1-2H3,(H,15,16). The monoisotopic (exact) mass is 258 g/mol. The topological polar surface area (TPSA) is 92.9 Å². The van der Waals surface area contributed by atoms with Crippen LogP contribution in [-0.4, -0.2) is 53.2 Å². The minimum absolute atomic E-state index is 0.0845. The maximum atomic E-state index is 12.2. The van der Waals surface area contributed by atoms with E-state index in [2.05, 4.69) is 0 Å². The van der Waals surface area contributed by atoms with Crippen LogP contribution in [0.5, 0.6) is 0 Å². The second-order valence-corrected chi connectivity index (χ2v) is 5.01. The summed E-state index contributed by atoms with van der Waals surface area (Å²) in [6, 6.07) is 0. The van der Waals surface area contributed by atoms with E-state index in [9.17, 15) is 9.59 Å². The van der Waals surface area contributed by atoms with Gasteiger partial charge in [0.25, 0.3) is 0 Å². The Morgan fingerprint density at radius 2 is 2.22 bits per heavy atom. The highest BCUT2D eigenvalue weighted by molar-refractivity contribution is 5.85. The number of nitrogens with zero attached hydrogens (tertiary/aromatic N) is 1. The molecule has 18 heavy (non-hydrogen) atoms. The molecule has 0 aromatic heterocycles. The molecule has 6 nitrogen and oxygen atoms in total. The molecule has 1 rings (SSSR count). The lowest BCUT2D eigenvalue weighted by Gasteiger charge is -2.37. The number of rotatable bonds is 5. The molecule has 0 saturated carbocycles. The largest absolute Gasteiger partial charge is 0.481 e. The number of morpholine rings is 1.